The Bertz CT molecular complexity index is 996. The third kappa shape index (κ3) is 4.37. The van der Waals surface area contributed by atoms with E-state index < -0.39 is 0 Å². The minimum Gasteiger partial charge on any atom is -0.483 e. The van der Waals surface area contributed by atoms with E-state index in [4.69, 9.17) is 4.74 Å². The second kappa shape index (κ2) is 8.30. The molecule has 1 amide bonds. The topological polar surface area (TPSA) is 85.2 Å². The molecule has 29 heavy (non-hydrogen) atoms. The van der Waals surface area contributed by atoms with E-state index in [-0.39, 0.29) is 12.5 Å². The van der Waals surface area contributed by atoms with Crippen LogP contribution in [0.25, 0.3) is 5.69 Å². The van der Waals surface area contributed by atoms with Crippen molar-refractivity contribution in [2.45, 2.75) is 26.7 Å². The van der Waals surface area contributed by atoms with Gasteiger partial charge in [-0.1, -0.05) is 17.7 Å². The molecular formula is C21H24N6O2. The fourth-order valence-electron chi connectivity index (χ4n) is 3.57. The number of anilines is 2. The number of aromatic nitrogens is 4. The van der Waals surface area contributed by atoms with Crippen molar-refractivity contribution >= 4 is 17.3 Å². The number of aryl methyl sites for hydroxylation is 2. The first-order valence-corrected chi connectivity index (χ1v) is 9.72. The van der Waals surface area contributed by atoms with Crippen LogP contribution >= 0.6 is 0 Å². The highest BCUT2D eigenvalue weighted by Gasteiger charge is 2.18. The number of benzene rings is 2. The van der Waals surface area contributed by atoms with E-state index in [0.717, 1.165) is 54.1 Å². The molecule has 2 aromatic carbocycles. The first kappa shape index (κ1) is 18.9. The summed E-state index contributed by atoms with van der Waals surface area (Å²) in [5, 5.41) is 14.3. The minimum atomic E-state index is -0.209. The summed E-state index contributed by atoms with van der Waals surface area (Å²) in [4.78, 5) is 14.9. The monoisotopic (exact) mass is 392 g/mol. The van der Waals surface area contributed by atoms with Gasteiger partial charge in [-0.15, -0.1) is 5.10 Å². The third-order valence-corrected chi connectivity index (χ3v) is 5.00. The standard InChI is InChI=1S/C21H24N6O2/c1-15-5-8-20(16(2)11-15)29-13-21(28)23-18-12-17(27-14-22-24-25-27)6-7-19(18)26-9-3-4-10-26/h5-8,11-12,14H,3-4,9-10,13H2,1-2H3,(H,23,28). The fraction of sp³-hybridized carbons (Fsp3) is 0.333. The van der Waals surface area contributed by atoms with Crippen LogP contribution < -0.4 is 15.0 Å². The number of nitrogens with zero attached hydrogens (tertiary/aromatic N) is 5. The van der Waals surface area contributed by atoms with Crippen LogP contribution in [0.2, 0.25) is 0 Å². The number of amides is 1. The molecule has 0 bridgehead atoms. The molecule has 4 rings (SSSR count). The van der Waals surface area contributed by atoms with E-state index in [1.165, 1.54) is 6.33 Å². The van der Waals surface area contributed by atoms with Gasteiger partial charge in [0.1, 0.15) is 12.1 Å². The van der Waals surface area contributed by atoms with Crippen molar-refractivity contribution < 1.29 is 9.53 Å². The summed E-state index contributed by atoms with van der Waals surface area (Å²) in [5.41, 5.74) is 4.68. The zero-order valence-electron chi connectivity index (χ0n) is 16.6. The summed E-state index contributed by atoms with van der Waals surface area (Å²) in [6, 6.07) is 11.7. The fourth-order valence-corrected chi connectivity index (χ4v) is 3.57. The van der Waals surface area contributed by atoms with Gasteiger partial charge in [0, 0.05) is 13.1 Å². The number of tetrazole rings is 1. The summed E-state index contributed by atoms with van der Waals surface area (Å²) in [7, 11) is 0. The molecule has 1 saturated heterocycles. The third-order valence-electron chi connectivity index (χ3n) is 5.00. The molecule has 0 spiro atoms. The highest BCUT2D eigenvalue weighted by molar-refractivity contribution is 5.96. The van der Waals surface area contributed by atoms with Crippen molar-refractivity contribution in [3.05, 3.63) is 53.9 Å². The van der Waals surface area contributed by atoms with Crippen LogP contribution in [0.5, 0.6) is 5.75 Å². The van der Waals surface area contributed by atoms with Crippen molar-refractivity contribution in [1.82, 2.24) is 20.2 Å². The van der Waals surface area contributed by atoms with Crippen molar-refractivity contribution in [1.29, 1.82) is 0 Å². The maximum atomic E-state index is 12.6. The highest BCUT2D eigenvalue weighted by atomic mass is 16.5. The van der Waals surface area contributed by atoms with Gasteiger partial charge in [0.15, 0.2) is 6.61 Å². The summed E-state index contributed by atoms with van der Waals surface area (Å²) in [6.45, 7) is 5.90. The maximum absolute atomic E-state index is 12.6. The molecule has 8 heteroatoms. The van der Waals surface area contributed by atoms with Gasteiger partial charge in [-0.05, 0) is 66.9 Å². The number of ether oxygens (including phenoxy) is 1. The molecule has 0 radical (unpaired) electrons. The van der Waals surface area contributed by atoms with E-state index in [1.54, 1.807) is 4.68 Å². The van der Waals surface area contributed by atoms with Gasteiger partial charge in [-0.2, -0.15) is 0 Å². The average Bonchev–Trinajstić information content (AvgIpc) is 3.41. The Morgan fingerprint density at radius 1 is 1.14 bits per heavy atom. The average molecular weight is 392 g/mol. The maximum Gasteiger partial charge on any atom is 0.262 e. The van der Waals surface area contributed by atoms with Crippen LogP contribution in [0.15, 0.2) is 42.7 Å². The van der Waals surface area contributed by atoms with E-state index in [1.807, 2.05) is 50.2 Å². The van der Waals surface area contributed by atoms with Crippen molar-refractivity contribution in [2.75, 3.05) is 29.9 Å². The van der Waals surface area contributed by atoms with Crippen molar-refractivity contribution in [2.24, 2.45) is 0 Å². The first-order valence-electron chi connectivity index (χ1n) is 9.72. The van der Waals surface area contributed by atoms with E-state index in [2.05, 4.69) is 25.7 Å². The van der Waals surface area contributed by atoms with Crippen LogP contribution in [-0.4, -0.2) is 45.8 Å². The lowest BCUT2D eigenvalue weighted by molar-refractivity contribution is -0.118. The number of hydrogen-bond acceptors (Lipinski definition) is 6. The molecule has 1 fully saturated rings. The van der Waals surface area contributed by atoms with Gasteiger partial charge in [0.2, 0.25) is 0 Å². The number of carbonyl (C=O) groups is 1. The summed E-state index contributed by atoms with van der Waals surface area (Å²) in [6.07, 6.45) is 3.83. The summed E-state index contributed by atoms with van der Waals surface area (Å²) < 4.78 is 7.30. The SMILES string of the molecule is Cc1ccc(OCC(=O)Nc2cc(-n3cnnn3)ccc2N2CCCC2)c(C)c1. The molecule has 1 aliphatic rings. The summed E-state index contributed by atoms with van der Waals surface area (Å²) >= 11 is 0. The van der Waals surface area contributed by atoms with Crippen LogP contribution in [0.4, 0.5) is 11.4 Å². The smallest absolute Gasteiger partial charge is 0.262 e. The van der Waals surface area contributed by atoms with Gasteiger partial charge >= 0.3 is 0 Å². The lowest BCUT2D eigenvalue weighted by Gasteiger charge is -2.22. The van der Waals surface area contributed by atoms with Crippen molar-refractivity contribution in [3.8, 4) is 11.4 Å². The number of hydrogen-bond donors (Lipinski definition) is 1. The molecular weight excluding hydrogens is 368 g/mol. The van der Waals surface area contributed by atoms with Gasteiger partial charge in [0.25, 0.3) is 5.91 Å². The zero-order chi connectivity index (χ0) is 20.2. The lowest BCUT2D eigenvalue weighted by atomic mass is 10.1. The van der Waals surface area contributed by atoms with E-state index >= 15 is 0 Å². The Kier molecular flexibility index (Phi) is 5.41. The largest absolute Gasteiger partial charge is 0.483 e. The molecule has 0 atom stereocenters. The Balaban J connectivity index is 1.52. The lowest BCUT2D eigenvalue weighted by Crippen LogP contribution is -2.24. The molecule has 1 aromatic heterocycles. The predicted octanol–water partition coefficient (Wildman–Crippen LogP) is 2.90. The van der Waals surface area contributed by atoms with Crippen LogP contribution in [0, 0.1) is 13.8 Å². The van der Waals surface area contributed by atoms with Gasteiger partial charge in [-0.25, -0.2) is 4.68 Å². The van der Waals surface area contributed by atoms with Crippen molar-refractivity contribution in [3.63, 3.8) is 0 Å². The highest BCUT2D eigenvalue weighted by Crippen LogP contribution is 2.31. The van der Waals surface area contributed by atoms with Crippen LogP contribution in [0.1, 0.15) is 24.0 Å². The Morgan fingerprint density at radius 3 is 2.69 bits per heavy atom. The van der Waals surface area contributed by atoms with E-state index in [9.17, 15) is 4.79 Å². The molecule has 150 valence electrons. The molecule has 1 N–H and O–H groups in total. The molecule has 2 heterocycles. The first-order chi connectivity index (χ1) is 14.1. The van der Waals surface area contributed by atoms with Crippen LogP contribution in [0.3, 0.4) is 0 Å². The van der Waals surface area contributed by atoms with Gasteiger partial charge in [0.05, 0.1) is 17.1 Å². The minimum absolute atomic E-state index is 0.0571. The Hall–Kier alpha value is -3.42. The number of carbonyl (C=O) groups excluding carboxylic acids is 1. The second-order valence-corrected chi connectivity index (χ2v) is 7.26. The quantitative estimate of drug-likeness (QED) is 0.694. The number of rotatable bonds is 6. The normalized spacial score (nSPS) is 13.5. The molecule has 3 aromatic rings. The van der Waals surface area contributed by atoms with Gasteiger partial charge in [-0.3, -0.25) is 4.79 Å². The Morgan fingerprint density at radius 2 is 1.97 bits per heavy atom. The Labute approximate surface area is 169 Å². The van der Waals surface area contributed by atoms with Crippen LogP contribution in [-0.2, 0) is 4.79 Å². The molecule has 1 aliphatic heterocycles. The second-order valence-electron chi connectivity index (χ2n) is 7.26. The molecule has 0 saturated carbocycles. The molecule has 0 unspecified atom stereocenters. The molecule has 0 aliphatic carbocycles. The number of nitrogens with one attached hydrogen (secondary N) is 1. The predicted molar refractivity (Wildman–Crippen MR) is 111 cm³/mol. The summed E-state index contributed by atoms with van der Waals surface area (Å²) in [5.74, 6) is 0.507. The zero-order valence-corrected chi connectivity index (χ0v) is 16.6. The van der Waals surface area contributed by atoms with Gasteiger partial charge < -0.3 is 15.0 Å². The molecule has 8 nitrogen and oxygen atoms in total. The van der Waals surface area contributed by atoms with E-state index in [0.29, 0.717) is 5.75 Å².